The van der Waals surface area contributed by atoms with Crippen molar-refractivity contribution >= 4 is 35.1 Å². The number of halogens is 2. The lowest BCUT2D eigenvalue weighted by molar-refractivity contribution is -0.157. The van der Waals surface area contributed by atoms with E-state index in [4.69, 9.17) is 37.4 Å². The maximum absolute atomic E-state index is 12.4. The first kappa shape index (κ1) is 20.1. The fraction of sp³-hybridized carbons (Fsp3) is 0.263. The summed E-state index contributed by atoms with van der Waals surface area (Å²) in [5, 5.41) is 0.766. The molecular formula is C19H18Cl2O5. The molecule has 0 aliphatic carbocycles. The Labute approximate surface area is 161 Å². The van der Waals surface area contributed by atoms with Gasteiger partial charge >= 0.3 is 11.9 Å². The molecule has 0 aromatic heterocycles. The molecule has 0 spiro atoms. The molecule has 138 valence electrons. The predicted octanol–water partition coefficient (Wildman–Crippen LogP) is 5.00. The average Bonchev–Trinajstić information content (AvgIpc) is 2.59. The van der Waals surface area contributed by atoms with E-state index < -0.39 is 17.9 Å². The van der Waals surface area contributed by atoms with Gasteiger partial charge in [-0.05, 0) is 38.1 Å². The Bertz CT molecular complexity index is 773. The highest BCUT2D eigenvalue weighted by Gasteiger charge is 2.34. The van der Waals surface area contributed by atoms with E-state index in [-0.39, 0.29) is 13.2 Å². The van der Waals surface area contributed by atoms with Crippen LogP contribution in [0, 0.1) is 0 Å². The molecule has 0 radical (unpaired) electrons. The number of carbonyl (C=O) groups is 2. The first-order valence-corrected chi connectivity index (χ1v) is 8.78. The number of para-hydroxylation sites is 1. The number of rotatable bonds is 7. The molecule has 0 saturated carbocycles. The Kier molecular flexibility index (Phi) is 7.30. The van der Waals surface area contributed by atoms with E-state index in [0.29, 0.717) is 27.1 Å². The van der Waals surface area contributed by atoms with Crippen molar-refractivity contribution in [1.82, 2.24) is 0 Å². The van der Waals surface area contributed by atoms with Gasteiger partial charge in [0.05, 0.1) is 18.2 Å². The van der Waals surface area contributed by atoms with E-state index in [2.05, 4.69) is 0 Å². The zero-order valence-corrected chi connectivity index (χ0v) is 15.8. The summed E-state index contributed by atoms with van der Waals surface area (Å²) in [5.41, 5.74) is 0.329. The molecule has 2 aromatic rings. The third-order valence-corrected chi connectivity index (χ3v) is 3.92. The standard InChI is InChI=1S/C19H18Cl2O5/c1-3-24-18(22)17(19(23)25-4-2)13-7-5-6-8-15(13)26-16-10-9-12(20)11-14(16)21/h5-11,17H,3-4H2,1-2H3. The summed E-state index contributed by atoms with van der Waals surface area (Å²) in [4.78, 5) is 24.7. The highest BCUT2D eigenvalue weighted by molar-refractivity contribution is 6.35. The fourth-order valence-electron chi connectivity index (χ4n) is 2.29. The van der Waals surface area contributed by atoms with Gasteiger partial charge in [-0.3, -0.25) is 9.59 Å². The summed E-state index contributed by atoms with van der Waals surface area (Å²) in [6.45, 7) is 3.60. The molecule has 0 aliphatic rings. The van der Waals surface area contributed by atoms with Crippen LogP contribution in [0.15, 0.2) is 42.5 Å². The topological polar surface area (TPSA) is 61.8 Å². The summed E-state index contributed by atoms with van der Waals surface area (Å²) in [7, 11) is 0. The zero-order valence-electron chi connectivity index (χ0n) is 14.3. The van der Waals surface area contributed by atoms with Crippen LogP contribution in [0.25, 0.3) is 0 Å². The Morgan fingerprint density at radius 3 is 2.12 bits per heavy atom. The zero-order chi connectivity index (χ0) is 19.1. The highest BCUT2D eigenvalue weighted by Crippen LogP contribution is 2.36. The number of benzene rings is 2. The van der Waals surface area contributed by atoms with Crippen LogP contribution in [0.5, 0.6) is 11.5 Å². The monoisotopic (exact) mass is 396 g/mol. The maximum atomic E-state index is 12.4. The molecule has 0 unspecified atom stereocenters. The molecule has 0 saturated heterocycles. The molecule has 0 bridgehead atoms. The van der Waals surface area contributed by atoms with Crippen LogP contribution in [0.4, 0.5) is 0 Å². The summed E-state index contributed by atoms with van der Waals surface area (Å²) in [6, 6.07) is 11.4. The summed E-state index contributed by atoms with van der Waals surface area (Å²) in [5.74, 6) is -2.02. The molecule has 7 heteroatoms. The molecule has 0 heterocycles. The maximum Gasteiger partial charge on any atom is 0.325 e. The highest BCUT2D eigenvalue weighted by atomic mass is 35.5. The second-order valence-electron chi connectivity index (χ2n) is 5.15. The first-order valence-electron chi connectivity index (χ1n) is 8.03. The number of esters is 2. The van der Waals surface area contributed by atoms with Gasteiger partial charge in [0, 0.05) is 10.6 Å². The van der Waals surface area contributed by atoms with Gasteiger partial charge in [0.15, 0.2) is 5.92 Å². The molecule has 0 amide bonds. The minimum Gasteiger partial charge on any atom is -0.465 e. The minimum absolute atomic E-state index is 0.140. The molecular weight excluding hydrogens is 379 g/mol. The SMILES string of the molecule is CCOC(=O)C(C(=O)OCC)c1ccccc1Oc1ccc(Cl)cc1Cl. The van der Waals surface area contributed by atoms with Crippen molar-refractivity contribution in [3.8, 4) is 11.5 Å². The molecule has 0 N–H and O–H groups in total. The second kappa shape index (κ2) is 9.46. The number of ether oxygens (including phenoxy) is 3. The van der Waals surface area contributed by atoms with Gasteiger partial charge in [-0.25, -0.2) is 0 Å². The number of carbonyl (C=O) groups excluding carboxylic acids is 2. The summed E-state index contributed by atoms with van der Waals surface area (Å²) >= 11 is 12.0. The van der Waals surface area contributed by atoms with Gasteiger partial charge in [0.1, 0.15) is 11.5 Å². The molecule has 2 rings (SSSR count). The lowest BCUT2D eigenvalue weighted by atomic mass is 9.98. The van der Waals surface area contributed by atoms with Crippen LogP contribution in [0.1, 0.15) is 25.3 Å². The smallest absolute Gasteiger partial charge is 0.325 e. The van der Waals surface area contributed by atoms with Crippen molar-refractivity contribution in [2.75, 3.05) is 13.2 Å². The van der Waals surface area contributed by atoms with Crippen molar-refractivity contribution in [3.05, 3.63) is 58.1 Å². The van der Waals surface area contributed by atoms with E-state index >= 15 is 0 Å². The Hall–Kier alpha value is -2.24. The van der Waals surface area contributed by atoms with Crippen LogP contribution in [0.2, 0.25) is 10.0 Å². The van der Waals surface area contributed by atoms with E-state index in [1.54, 1.807) is 50.2 Å². The fourth-order valence-corrected chi connectivity index (χ4v) is 2.74. The quantitative estimate of drug-likeness (QED) is 0.486. The minimum atomic E-state index is -1.25. The largest absolute Gasteiger partial charge is 0.465 e. The molecule has 0 atom stereocenters. The summed E-state index contributed by atoms with van der Waals surface area (Å²) < 4.78 is 15.9. The van der Waals surface area contributed by atoms with Gasteiger partial charge in [-0.15, -0.1) is 0 Å². The van der Waals surface area contributed by atoms with Crippen molar-refractivity contribution in [2.45, 2.75) is 19.8 Å². The van der Waals surface area contributed by atoms with Gasteiger partial charge < -0.3 is 14.2 Å². The lowest BCUT2D eigenvalue weighted by Crippen LogP contribution is -2.26. The average molecular weight is 397 g/mol. The number of hydrogen-bond acceptors (Lipinski definition) is 5. The second-order valence-corrected chi connectivity index (χ2v) is 6.00. The molecule has 0 fully saturated rings. The van der Waals surface area contributed by atoms with Crippen molar-refractivity contribution in [1.29, 1.82) is 0 Å². The van der Waals surface area contributed by atoms with Gasteiger partial charge in [-0.1, -0.05) is 41.4 Å². The normalized spacial score (nSPS) is 10.5. The van der Waals surface area contributed by atoms with Crippen LogP contribution in [-0.4, -0.2) is 25.2 Å². The van der Waals surface area contributed by atoms with Gasteiger partial charge in [0.25, 0.3) is 0 Å². The Morgan fingerprint density at radius 2 is 1.54 bits per heavy atom. The number of hydrogen-bond donors (Lipinski definition) is 0. The Balaban J connectivity index is 2.43. The van der Waals surface area contributed by atoms with Crippen LogP contribution in [0.3, 0.4) is 0 Å². The molecule has 0 aliphatic heterocycles. The van der Waals surface area contributed by atoms with Crippen molar-refractivity contribution < 1.29 is 23.8 Å². The van der Waals surface area contributed by atoms with Crippen LogP contribution < -0.4 is 4.74 Å². The Morgan fingerprint density at radius 1 is 0.923 bits per heavy atom. The van der Waals surface area contributed by atoms with E-state index in [0.717, 1.165) is 0 Å². The van der Waals surface area contributed by atoms with Gasteiger partial charge in [0.2, 0.25) is 0 Å². The van der Waals surface area contributed by atoms with Crippen LogP contribution in [-0.2, 0) is 19.1 Å². The lowest BCUT2D eigenvalue weighted by Gasteiger charge is -2.18. The molecule has 26 heavy (non-hydrogen) atoms. The molecule has 5 nitrogen and oxygen atoms in total. The van der Waals surface area contributed by atoms with E-state index in [1.807, 2.05) is 0 Å². The third-order valence-electron chi connectivity index (χ3n) is 3.39. The van der Waals surface area contributed by atoms with E-state index in [9.17, 15) is 9.59 Å². The van der Waals surface area contributed by atoms with Crippen LogP contribution >= 0.6 is 23.2 Å². The van der Waals surface area contributed by atoms with Crippen molar-refractivity contribution in [2.24, 2.45) is 0 Å². The van der Waals surface area contributed by atoms with E-state index in [1.165, 1.54) is 6.07 Å². The third kappa shape index (κ3) is 4.90. The summed E-state index contributed by atoms with van der Waals surface area (Å²) in [6.07, 6.45) is 0. The molecule has 2 aromatic carbocycles. The predicted molar refractivity (Wildman–Crippen MR) is 99.0 cm³/mol. The first-order chi connectivity index (χ1) is 12.5. The van der Waals surface area contributed by atoms with Gasteiger partial charge in [-0.2, -0.15) is 0 Å². The van der Waals surface area contributed by atoms with Crippen molar-refractivity contribution in [3.63, 3.8) is 0 Å².